The van der Waals surface area contributed by atoms with E-state index < -0.39 is 0 Å². The van der Waals surface area contributed by atoms with E-state index in [1.807, 2.05) is 30.0 Å². The van der Waals surface area contributed by atoms with Crippen molar-refractivity contribution in [2.75, 3.05) is 5.75 Å². The second-order valence-corrected chi connectivity index (χ2v) is 7.63. The normalized spacial score (nSPS) is 16.5. The highest BCUT2D eigenvalue weighted by Gasteiger charge is 2.16. The van der Waals surface area contributed by atoms with E-state index in [0.717, 1.165) is 10.0 Å². The van der Waals surface area contributed by atoms with E-state index >= 15 is 0 Å². The molecule has 0 heterocycles. The number of carbonyl (C=O) groups is 1. The third-order valence-corrected chi connectivity index (χ3v) is 5.71. The van der Waals surface area contributed by atoms with Crippen molar-refractivity contribution in [3.05, 3.63) is 33.3 Å². The topological polar surface area (TPSA) is 17.1 Å². The summed E-state index contributed by atoms with van der Waals surface area (Å²) in [6, 6.07) is 5.71. The van der Waals surface area contributed by atoms with Crippen molar-refractivity contribution in [2.24, 2.45) is 0 Å². The van der Waals surface area contributed by atoms with Crippen LogP contribution in [0, 0.1) is 0 Å². The molecule has 2 rings (SSSR count). The molecule has 0 amide bonds. The lowest BCUT2D eigenvalue weighted by atomic mass is 10.0. The number of benzene rings is 1. The van der Waals surface area contributed by atoms with Crippen LogP contribution in [0.2, 0.25) is 5.02 Å². The van der Waals surface area contributed by atoms with E-state index in [-0.39, 0.29) is 5.78 Å². The van der Waals surface area contributed by atoms with Gasteiger partial charge in [-0.1, -0.05) is 52.9 Å². The Morgan fingerprint density at radius 3 is 2.74 bits per heavy atom. The molecule has 0 N–H and O–H groups in total. The van der Waals surface area contributed by atoms with Gasteiger partial charge >= 0.3 is 0 Å². The average molecular weight is 362 g/mol. The van der Waals surface area contributed by atoms with Gasteiger partial charge in [0, 0.05) is 21.2 Å². The van der Waals surface area contributed by atoms with Crippen LogP contribution in [0.25, 0.3) is 0 Å². The highest BCUT2D eigenvalue weighted by molar-refractivity contribution is 9.10. The number of ketones is 1. The zero-order valence-electron chi connectivity index (χ0n) is 10.8. The van der Waals surface area contributed by atoms with Crippen molar-refractivity contribution in [1.82, 2.24) is 0 Å². The first-order valence-electron chi connectivity index (χ1n) is 6.72. The average Bonchev–Trinajstić information content (AvgIpc) is 2.41. The van der Waals surface area contributed by atoms with E-state index in [1.165, 1.54) is 32.1 Å². The van der Waals surface area contributed by atoms with Gasteiger partial charge in [0.25, 0.3) is 0 Å². The first kappa shape index (κ1) is 15.4. The van der Waals surface area contributed by atoms with E-state index in [9.17, 15) is 4.79 Å². The molecule has 1 saturated carbocycles. The molecular weight excluding hydrogens is 344 g/mol. The summed E-state index contributed by atoms with van der Waals surface area (Å²) in [6.45, 7) is 0. The van der Waals surface area contributed by atoms with Crippen molar-refractivity contribution in [3.63, 3.8) is 0 Å². The molecular formula is C15H18BrClOS. The molecule has 1 aliphatic carbocycles. The second kappa shape index (κ2) is 7.70. The highest BCUT2D eigenvalue weighted by atomic mass is 79.9. The fraction of sp³-hybridized carbons (Fsp3) is 0.533. The lowest BCUT2D eigenvalue weighted by Gasteiger charge is -2.20. The van der Waals surface area contributed by atoms with Gasteiger partial charge in [0.15, 0.2) is 0 Å². The van der Waals surface area contributed by atoms with E-state index in [2.05, 4.69) is 15.9 Å². The first-order chi connectivity index (χ1) is 9.15. The molecule has 104 valence electrons. The van der Waals surface area contributed by atoms with Crippen LogP contribution in [0.15, 0.2) is 22.7 Å². The Bertz CT molecular complexity index is 444. The van der Waals surface area contributed by atoms with Crippen LogP contribution >= 0.6 is 39.3 Å². The SMILES string of the molecule is O=C(CSC1CCCCC1)Cc1ccc(Br)cc1Cl. The number of hydrogen-bond donors (Lipinski definition) is 0. The molecule has 0 radical (unpaired) electrons. The Labute approximate surface area is 132 Å². The zero-order chi connectivity index (χ0) is 13.7. The molecule has 0 aliphatic heterocycles. The van der Waals surface area contributed by atoms with Crippen LogP contribution in [-0.2, 0) is 11.2 Å². The summed E-state index contributed by atoms with van der Waals surface area (Å²) in [5.41, 5.74) is 0.930. The third kappa shape index (κ3) is 5.13. The number of hydrogen-bond acceptors (Lipinski definition) is 2. The number of Topliss-reactive ketones (excluding diaryl/α,β-unsaturated/α-hetero) is 1. The van der Waals surface area contributed by atoms with Crippen LogP contribution in [-0.4, -0.2) is 16.8 Å². The maximum absolute atomic E-state index is 12.0. The maximum Gasteiger partial charge on any atom is 0.147 e. The van der Waals surface area contributed by atoms with Crippen molar-refractivity contribution in [1.29, 1.82) is 0 Å². The molecule has 0 spiro atoms. The smallest absolute Gasteiger partial charge is 0.147 e. The molecule has 1 aromatic carbocycles. The van der Waals surface area contributed by atoms with E-state index in [0.29, 0.717) is 22.4 Å². The highest BCUT2D eigenvalue weighted by Crippen LogP contribution is 2.28. The van der Waals surface area contributed by atoms with Crippen LogP contribution < -0.4 is 0 Å². The van der Waals surface area contributed by atoms with Gasteiger partial charge < -0.3 is 0 Å². The second-order valence-electron chi connectivity index (χ2n) is 5.02. The Hall–Kier alpha value is 0.01000. The van der Waals surface area contributed by atoms with Crippen LogP contribution in [0.4, 0.5) is 0 Å². The maximum atomic E-state index is 12.0. The molecule has 0 saturated heterocycles. The Kier molecular flexibility index (Phi) is 6.24. The Morgan fingerprint density at radius 1 is 1.32 bits per heavy atom. The summed E-state index contributed by atoms with van der Waals surface area (Å²) in [7, 11) is 0. The molecule has 1 aliphatic rings. The summed E-state index contributed by atoms with van der Waals surface area (Å²) in [4.78, 5) is 12.0. The van der Waals surface area contributed by atoms with Crippen molar-refractivity contribution < 1.29 is 4.79 Å². The molecule has 0 aromatic heterocycles. The minimum absolute atomic E-state index is 0.278. The molecule has 19 heavy (non-hydrogen) atoms. The molecule has 1 nitrogen and oxygen atoms in total. The first-order valence-corrected chi connectivity index (χ1v) is 8.94. The quantitative estimate of drug-likeness (QED) is 0.709. The van der Waals surface area contributed by atoms with Gasteiger partial charge in [-0.3, -0.25) is 4.79 Å². The van der Waals surface area contributed by atoms with E-state index in [1.54, 1.807) is 0 Å². The van der Waals surface area contributed by atoms with Gasteiger partial charge in [0.1, 0.15) is 5.78 Å². The lowest BCUT2D eigenvalue weighted by Crippen LogP contribution is -2.13. The fourth-order valence-corrected chi connectivity index (χ4v) is 4.30. The standard InChI is InChI=1S/C15H18BrClOS/c16-12-7-6-11(15(17)9-12)8-13(18)10-19-14-4-2-1-3-5-14/h6-7,9,14H,1-5,8,10H2. The predicted molar refractivity (Wildman–Crippen MR) is 87.2 cm³/mol. The number of carbonyl (C=O) groups excluding carboxylic acids is 1. The van der Waals surface area contributed by atoms with Gasteiger partial charge in [-0.05, 0) is 30.5 Å². The molecule has 0 unspecified atom stereocenters. The van der Waals surface area contributed by atoms with E-state index in [4.69, 9.17) is 11.6 Å². The number of halogens is 2. The van der Waals surface area contributed by atoms with Gasteiger partial charge in [-0.15, -0.1) is 0 Å². The van der Waals surface area contributed by atoms with Crippen LogP contribution in [0.1, 0.15) is 37.7 Å². The summed E-state index contributed by atoms with van der Waals surface area (Å²) in [6.07, 6.45) is 7.01. The zero-order valence-corrected chi connectivity index (χ0v) is 14.0. The van der Waals surface area contributed by atoms with Gasteiger partial charge in [0.2, 0.25) is 0 Å². The Balaban J connectivity index is 1.80. The van der Waals surface area contributed by atoms with Crippen molar-refractivity contribution in [2.45, 2.75) is 43.8 Å². The summed E-state index contributed by atoms with van der Waals surface area (Å²) in [5.74, 6) is 0.900. The molecule has 0 atom stereocenters. The van der Waals surface area contributed by atoms with Crippen LogP contribution in [0.3, 0.4) is 0 Å². The Morgan fingerprint density at radius 2 is 2.05 bits per heavy atom. The third-order valence-electron chi connectivity index (χ3n) is 3.43. The monoisotopic (exact) mass is 360 g/mol. The molecule has 0 bridgehead atoms. The number of rotatable bonds is 5. The van der Waals surface area contributed by atoms with Gasteiger partial charge in [-0.2, -0.15) is 11.8 Å². The van der Waals surface area contributed by atoms with Crippen molar-refractivity contribution in [3.8, 4) is 0 Å². The predicted octanol–water partition coefficient (Wildman–Crippen LogP) is 5.28. The molecule has 4 heteroatoms. The fourth-order valence-electron chi connectivity index (χ4n) is 2.37. The minimum Gasteiger partial charge on any atom is -0.298 e. The summed E-state index contributed by atoms with van der Waals surface area (Å²) in [5, 5.41) is 1.36. The molecule has 1 aromatic rings. The lowest BCUT2D eigenvalue weighted by molar-refractivity contribution is -0.116. The largest absolute Gasteiger partial charge is 0.298 e. The molecule has 1 fully saturated rings. The van der Waals surface area contributed by atoms with Crippen LogP contribution in [0.5, 0.6) is 0 Å². The minimum atomic E-state index is 0.278. The van der Waals surface area contributed by atoms with Gasteiger partial charge in [0.05, 0.1) is 5.75 Å². The summed E-state index contributed by atoms with van der Waals surface area (Å²) >= 11 is 11.3. The number of thioether (sulfide) groups is 1. The summed E-state index contributed by atoms with van der Waals surface area (Å²) < 4.78 is 0.949. The van der Waals surface area contributed by atoms with Crippen molar-refractivity contribution >= 4 is 45.1 Å². The van der Waals surface area contributed by atoms with Gasteiger partial charge in [-0.25, -0.2) is 0 Å².